The first kappa shape index (κ1) is 15.3. The van der Waals surface area contributed by atoms with Crippen LogP contribution in [0.5, 0.6) is 0 Å². The topological polar surface area (TPSA) is 42.0 Å². The van der Waals surface area contributed by atoms with Crippen molar-refractivity contribution in [2.45, 2.75) is 4.34 Å². The molecule has 2 aromatic carbocycles. The number of anilines is 1. The van der Waals surface area contributed by atoms with Crippen molar-refractivity contribution >= 4 is 56.5 Å². The summed E-state index contributed by atoms with van der Waals surface area (Å²) in [6, 6.07) is 11.9. The van der Waals surface area contributed by atoms with Gasteiger partial charge in [0.15, 0.2) is 4.34 Å². The fourth-order valence-corrected chi connectivity index (χ4v) is 3.86. The number of thiazole rings is 1. The second kappa shape index (κ2) is 6.64. The summed E-state index contributed by atoms with van der Waals surface area (Å²) in [6.45, 7) is 0. The molecule has 0 saturated carbocycles. The Morgan fingerprint density at radius 3 is 2.91 bits per heavy atom. The van der Waals surface area contributed by atoms with Crippen molar-refractivity contribution < 1.29 is 9.18 Å². The summed E-state index contributed by atoms with van der Waals surface area (Å²) in [5, 5.41) is 2.66. The van der Waals surface area contributed by atoms with Crippen LogP contribution >= 0.6 is 34.7 Å². The van der Waals surface area contributed by atoms with Crippen molar-refractivity contribution in [1.82, 2.24) is 4.98 Å². The lowest BCUT2D eigenvalue weighted by atomic mass is 10.3. The molecule has 3 aromatic rings. The fraction of sp³-hybridized carbons (Fsp3) is 0.0667. The highest BCUT2D eigenvalue weighted by Gasteiger charge is 2.09. The number of para-hydroxylation sites is 1. The number of carbonyl (C=O) groups is 1. The van der Waals surface area contributed by atoms with Crippen LogP contribution in [0.4, 0.5) is 10.1 Å². The van der Waals surface area contributed by atoms with Gasteiger partial charge in [-0.1, -0.05) is 35.5 Å². The third-order valence-corrected chi connectivity index (χ3v) is 5.27. The summed E-state index contributed by atoms with van der Waals surface area (Å²) in [5.41, 5.74) is 1.40. The molecule has 0 spiro atoms. The summed E-state index contributed by atoms with van der Waals surface area (Å²) in [4.78, 5) is 16.4. The molecule has 3 nitrogen and oxygen atoms in total. The van der Waals surface area contributed by atoms with Crippen molar-refractivity contribution in [2.75, 3.05) is 11.1 Å². The SMILES string of the molecule is O=C(CSc1nc2ccccc2s1)Nc1ccc(F)c(Cl)c1. The average Bonchev–Trinajstić information content (AvgIpc) is 2.92. The number of benzene rings is 2. The summed E-state index contributed by atoms with van der Waals surface area (Å²) in [7, 11) is 0. The molecule has 1 N–H and O–H groups in total. The van der Waals surface area contributed by atoms with E-state index in [4.69, 9.17) is 11.6 Å². The molecular weight excluding hydrogens is 343 g/mol. The molecule has 1 heterocycles. The van der Waals surface area contributed by atoms with E-state index >= 15 is 0 Å². The second-order valence-electron chi connectivity index (χ2n) is 4.41. The third-order valence-electron chi connectivity index (χ3n) is 2.80. The predicted octanol–water partition coefficient (Wildman–Crippen LogP) is 4.82. The van der Waals surface area contributed by atoms with Gasteiger partial charge in [0, 0.05) is 5.69 Å². The molecule has 1 aromatic heterocycles. The van der Waals surface area contributed by atoms with Gasteiger partial charge in [-0.2, -0.15) is 0 Å². The average molecular weight is 353 g/mol. The van der Waals surface area contributed by atoms with Crippen LogP contribution in [0, 0.1) is 5.82 Å². The molecule has 0 bridgehead atoms. The van der Waals surface area contributed by atoms with Crippen LogP contribution in [0.3, 0.4) is 0 Å². The number of amides is 1. The smallest absolute Gasteiger partial charge is 0.234 e. The minimum atomic E-state index is -0.511. The normalized spacial score (nSPS) is 10.8. The number of hydrogen-bond donors (Lipinski definition) is 1. The number of carbonyl (C=O) groups excluding carboxylic acids is 1. The summed E-state index contributed by atoms with van der Waals surface area (Å²) < 4.78 is 15.0. The van der Waals surface area contributed by atoms with Gasteiger partial charge in [0.25, 0.3) is 0 Å². The highest BCUT2D eigenvalue weighted by Crippen LogP contribution is 2.29. The second-order valence-corrected chi connectivity index (χ2v) is 7.07. The minimum Gasteiger partial charge on any atom is -0.325 e. The molecule has 7 heteroatoms. The number of thioether (sulfide) groups is 1. The molecule has 0 fully saturated rings. The number of aromatic nitrogens is 1. The van der Waals surface area contributed by atoms with E-state index < -0.39 is 5.82 Å². The molecule has 0 radical (unpaired) electrons. The van der Waals surface area contributed by atoms with Gasteiger partial charge >= 0.3 is 0 Å². The van der Waals surface area contributed by atoms with Gasteiger partial charge in [-0.3, -0.25) is 4.79 Å². The molecule has 22 heavy (non-hydrogen) atoms. The summed E-state index contributed by atoms with van der Waals surface area (Å²) in [6.07, 6.45) is 0. The van der Waals surface area contributed by atoms with Crippen molar-refractivity contribution in [2.24, 2.45) is 0 Å². The first-order chi connectivity index (χ1) is 10.6. The van der Waals surface area contributed by atoms with Crippen molar-refractivity contribution in [3.05, 3.63) is 53.3 Å². The Balaban J connectivity index is 1.60. The van der Waals surface area contributed by atoms with E-state index in [0.717, 1.165) is 14.6 Å². The van der Waals surface area contributed by atoms with Crippen molar-refractivity contribution in [1.29, 1.82) is 0 Å². The number of nitrogens with one attached hydrogen (secondary N) is 1. The molecule has 112 valence electrons. The zero-order valence-electron chi connectivity index (χ0n) is 11.2. The number of hydrogen-bond acceptors (Lipinski definition) is 4. The quantitative estimate of drug-likeness (QED) is 0.684. The Morgan fingerprint density at radius 2 is 2.14 bits per heavy atom. The van der Waals surface area contributed by atoms with E-state index in [-0.39, 0.29) is 16.7 Å². The van der Waals surface area contributed by atoms with E-state index in [1.165, 1.54) is 30.0 Å². The van der Waals surface area contributed by atoms with Gasteiger partial charge in [-0.15, -0.1) is 11.3 Å². The van der Waals surface area contributed by atoms with Crippen LogP contribution in [0.2, 0.25) is 5.02 Å². The molecule has 0 aliphatic rings. The van der Waals surface area contributed by atoms with E-state index in [1.807, 2.05) is 24.3 Å². The fourth-order valence-electron chi connectivity index (χ4n) is 1.81. The Morgan fingerprint density at radius 1 is 1.32 bits per heavy atom. The highest BCUT2D eigenvalue weighted by atomic mass is 35.5. The Labute approximate surface area is 139 Å². The molecule has 0 aliphatic heterocycles. The lowest BCUT2D eigenvalue weighted by Crippen LogP contribution is -2.13. The predicted molar refractivity (Wildman–Crippen MR) is 90.4 cm³/mol. The molecule has 0 atom stereocenters. The summed E-state index contributed by atoms with van der Waals surface area (Å²) >= 11 is 8.60. The zero-order chi connectivity index (χ0) is 15.5. The van der Waals surface area contributed by atoms with E-state index in [2.05, 4.69) is 10.3 Å². The number of fused-ring (bicyclic) bond motifs is 1. The summed E-state index contributed by atoms with van der Waals surface area (Å²) in [5.74, 6) is -0.468. The lowest BCUT2D eigenvalue weighted by Gasteiger charge is -2.05. The lowest BCUT2D eigenvalue weighted by molar-refractivity contribution is -0.113. The van der Waals surface area contributed by atoms with Gasteiger partial charge in [-0.25, -0.2) is 9.37 Å². The van der Waals surface area contributed by atoms with Crippen LogP contribution in [-0.2, 0) is 4.79 Å². The van der Waals surface area contributed by atoms with Crippen molar-refractivity contribution in [3.8, 4) is 0 Å². The number of rotatable bonds is 4. The van der Waals surface area contributed by atoms with E-state index in [0.29, 0.717) is 5.69 Å². The molecule has 3 rings (SSSR count). The van der Waals surface area contributed by atoms with Crippen LogP contribution < -0.4 is 5.32 Å². The van der Waals surface area contributed by atoms with Gasteiger partial charge < -0.3 is 5.32 Å². The number of nitrogens with zero attached hydrogens (tertiary/aromatic N) is 1. The zero-order valence-corrected chi connectivity index (χ0v) is 13.6. The van der Waals surface area contributed by atoms with Gasteiger partial charge in [0.1, 0.15) is 5.82 Å². The van der Waals surface area contributed by atoms with E-state index in [9.17, 15) is 9.18 Å². The van der Waals surface area contributed by atoms with Gasteiger partial charge in [0.05, 0.1) is 21.0 Å². The maximum atomic E-state index is 13.1. The standard InChI is InChI=1S/C15H10ClFN2OS2/c16-10-7-9(5-6-11(10)17)18-14(20)8-21-15-19-12-3-1-2-4-13(12)22-15/h1-7H,8H2,(H,18,20). The number of halogens is 2. The molecular formula is C15H10ClFN2OS2. The van der Waals surface area contributed by atoms with Gasteiger partial charge in [0.2, 0.25) is 5.91 Å². The van der Waals surface area contributed by atoms with Crippen LogP contribution in [0.1, 0.15) is 0 Å². The molecule has 0 saturated heterocycles. The first-order valence-corrected chi connectivity index (χ1v) is 8.53. The maximum absolute atomic E-state index is 13.1. The molecule has 0 aliphatic carbocycles. The van der Waals surface area contributed by atoms with Crippen LogP contribution in [0.15, 0.2) is 46.8 Å². The Kier molecular flexibility index (Phi) is 4.61. The largest absolute Gasteiger partial charge is 0.325 e. The third kappa shape index (κ3) is 3.58. The molecule has 0 unspecified atom stereocenters. The maximum Gasteiger partial charge on any atom is 0.234 e. The minimum absolute atomic E-state index is 0.0170. The monoisotopic (exact) mass is 352 g/mol. The Hall–Kier alpha value is -1.63. The highest BCUT2D eigenvalue weighted by molar-refractivity contribution is 8.01. The first-order valence-electron chi connectivity index (χ1n) is 6.35. The van der Waals surface area contributed by atoms with E-state index in [1.54, 1.807) is 11.3 Å². The van der Waals surface area contributed by atoms with Crippen LogP contribution in [-0.4, -0.2) is 16.6 Å². The molecule has 1 amide bonds. The Bertz CT molecular complexity index is 804. The van der Waals surface area contributed by atoms with Crippen molar-refractivity contribution in [3.63, 3.8) is 0 Å². The van der Waals surface area contributed by atoms with Gasteiger partial charge in [-0.05, 0) is 30.3 Å². The van der Waals surface area contributed by atoms with Crippen LogP contribution in [0.25, 0.3) is 10.2 Å².